The molecule has 0 aromatic carbocycles. The van der Waals surface area contributed by atoms with Crippen molar-refractivity contribution in [1.29, 1.82) is 0 Å². The van der Waals surface area contributed by atoms with Gasteiger partial charge in [0.05, 0.1) is 25.9 Å². The highest BCUT2D eigenvalue weighted by molar-refractivity contribution is 4.82. The molecule has 2 N–H and O–H groups in total. The maximum atomic E-state index is 9.81. The van der Waals surface area contributed by atoms with E-state index in [1.54, 1.807) is 0 Å². The number of rotatable bonds is 9. The summed E-state index contributed by atoms with van der Waals surface area (Å²) in [5.41, 5.74) is 0.499. The molecule has 0 aromatic heterocycles. The van der Waals surface area contributed by atoms with Gasteiger partial charge in [-0.15, -0.1) is 0 Å². The molecule has 0 spiro atoms. The van der Waals surface area contributed by atoms with Crippen LogP contribution in [0.5, 0.6) is 0 Å². The SMILES string of the molecule is CCOCCOCC(O)CNC1CCC(C)(C)CC1. The molecule has 114 valence electrons. The zero-order valence-corrected chi connectivity index (χ0v) is 12.8. The number of ether oxygens (including phenoxy) is 2. The van der Waals surface area contributed by atoms with E-state index >= 15 is 0 Å². The second kappa shape index (κ2) is 8.90. The third-order valence-corrected chi connectivity index (χ3v) is 3.87. The van der Waals surface area contributed by atoms with E-state index < -0.39 is 6.10 Å². The standard InChI is InChI=1S/C15H31NO3/c1-4-18-9-10-19-12-14(17)11-16-13-5-7-15(2,3)8-6-13/h13-14,16-17H,4-12H2,1-3H3. The van der Waals surface area contributed by atoms with Crippen molar-refractivity contribution in [1.82, 2.24) is 5.32 Å². The average molecular weight is 273 g/mol. The lowest BCUT2D eigenvalue weighted by Gasteiger charge is -2.35. The van der Waals surface area contributed by atoms with Crippen molar-refractivity contribution in [3.05, 3.63) is 0 Å². The maximum absolute atomic E-state index is 9.81. The Morgan fingerprint density at radius 1 is 1.21 bits per heavy atom. The summed E-state index contributed by atoms with van der Waals surface area (Å²) in [6.45, 7) is 9.53. The molecule has 1 saturated carbocycles. The van der Waals surface area contributed by atoms with Crippen LogP contribution in [0.15, 0.2) is 0 Å². The summed E-state index contributed by atoms with van der Waals surface area (Å²) in [7, 11) is 0. The van der Waals surface area contributed by atoms with Crippen molar-refractivity contribution in [2.24, 2.45) is 5.41 Å². The molecule has 1 rings (SSSR count). The van der Waals surface area contributed by atoms with Gasteiger partial charge in [0, 0.05) is 19.2 Å². The number of aliphatic hydroxyl groups is 1. The Morgan fingerprint density at radius 3 is 2.47 bits per heavy atom. The molecule has 4 nitrogen and oxygen atoms in total. The van der Waals surface area contributed by atoms with Gasteiger partial charge in [0.25, 0.3) is 0 Å². The second-order valence-corrected chi connectivity index (χ2v) is 6.27. The van der Waals surface area contributed by atoms with Crippen LogP contribution in [0.25, 0.3) is 0 Å². The third-order valence-electron chi connectivity index (χ3n) is 3.87. The van der Waals surface area contributed by atoms with Crippen LogP contribution in [0.2, 0.25) is 0 Å². The molecule has 0 radical (unpaired) electrons. The first-order valence-electron chi connectivity index (χ1n) is 7.60. The smallest absolute Gasteiger partial charge is 0.0897 e. The van der Waals surface area contributed by atoms with Crippen LogP contribution in [0.1, 0.15) is 46.5 Å². The Balaban J connectivity index is 1.99. The van der Waals surface area contributed by atoms with Crippen molar-refractivity contribution >= 4 is 0 Å². The molecule has 0 amide bonds. The zero-order chi connectivity index (χ0) is 14.1. The molecule has 0 bridgehead atoms. The first-order valence-corrected chi connectivity index (χ1v) is 7.60. The Hall–Kier alpha value is -0.160. The second-order valence-electron chi connectivity index (χ2n) is 6.27. The Bertz CT molecular complexity index is 223. The van der Waals surface area contributed by atoms with Gasteiger partial charge in [0.15, 0.2) is 0 Å². The van der Waals surface area contributed by atoms with E-state index in [9.17, 15) is 5.11 Å². The van der Waals surface area contributed by atoms with E-state index in [2.05, 4.69) is 19.2 Å². The van der Waals surface area contributed by atoms with Gasteiger partial charge in [-0.25, -0.2) is 0 Å². The number of hydrogen-bond acceptors (Lipinski definition) is 4. The summed E-state index contributed by atoms with van der Waals surface area (Å²) in [4.78, 5) is 0. The van der Waals surface area contributed by atoms with Gasteiger partial charge in [0.1, 0.15) is 0 Å². The maximum Gasteiger partial charge on any atom is 0.0897 e. The quantitative estimate of drug-likeness (QED) is 0.631. The summed E-state index contributed by atoms with van der Waals surface area (Å²) < 4.78 is 10.5. The van der Waals surface area contributed by atoms with Crippen LogP contribution in [0, 0.1) is 5.41 Å². The number of aliphatic hydroxyl groups excluding tert-OH is 1. The lowest BCUT2D eigenvalue weighted by atomic mass is 9.75. The predicted molar refractivity (Wildman–Crippen MR) is 77.4 cm³/mol. The van der Waals surface area contributed by atoms with Gasteiger partial charge in [-0.05, 0) is 38.0 Å². The van der Waals surface area contributed by atoms with Crippen LogP contribution in [-0.2, 0) is 9.47 Å². The van der Waals surface area contributed by atoms with E-state index in [0.717, 1.165) is 0 Å². The highest BCUT2D eigenvalue weighted by Gasteiger charge is 2.26. The van der Waals surface area contributed by atoms with Crippen LogP contribution >= 0.6 is 0 Å². The van der Waals surface area contributed by atoms with Crippen molar-refractivity contribution in [3.8, 4) is 0 Å². The molecule has 0 aromatic rings. The highest BCUT2D eigenvalue weighted by Crippen LogP contribution is 2.34. The average Bonchev–Trinajstić information content (AvgIpc) is 2.37. The number of hydrogen-bond donors (Lipinski definition) is 2. The lowest BCUT2D eigenvalue weighted by Crippen LogP contribution is -2.40. The summed E-state index contributed by atoms with van der Waals surface area (Å²) in [6.07, 6.45) is 4.55. The van der Waals surface area contributed by atoms with Gasteiger partial charge in [-0.1, -0.05) is 13.8 Å². The first-order chi connectivity index (χ1) is 9.03. The molecular formula is C15H31NO3. The normalized spacial score (nSPS) is 21.5. The van der Waals surface area contributed by atoms with E-state index in [4.69, 9.17) is 9.47 Å². The summed E-state index contributed by atoms with van der Waals surface area (Å²) in [5, 5.41) is 13.3. The van der Waals surface area contributed by atoms with E-state index in [1.807, 2.05) is 6.92 Å². The van der Waals surface area contributed by atoms with Gasteiger partial charge in [-0.2, -0.15) is 0 Å². The third kappa shape index (κ3) is 7.88. The molecule has 1 unspecified atom stereocenters. The van der Waals surface area contributed by atoms with Crippen molar-refractivity contribution in [3.63, 3.8) is 0 Å². The minimum absolute atomic E-state index is 0.387. The van der Waals surface area contributed by atoms with Crippen LogP contribution < -0.4 is 5.32 Å². The molecule has 1 aliphatic carbocycles. The van der Waals surface area contributed by atoms with Crippen LogP contribution in [0.3, 0.4) is 0 Å². The Kier molecular flexibility index (Phi) is 7.91. The van der Waals surface area contributed by atoms with Gasteiger partial charge >= 0.3 is 0 Å². The largest absolute Gasteiger partial charge is 0.389 e. The first kappa shape index (κ1) is 16.9. The van der Waals surface area contributed by atoms with E-state index in [0.29, 0.717) is 44.4 Å². The minimum Gasteiger partial charge on any atom is -0.389 e. The molecule has 0 aliphatic heterocycles. The number of nitrogens with one attached hydrogen (secondary N) is 1. The van der Waals surface area contributed by atoms with Crippen LogP contribution in [0.4, 0.5) is 0 Å². The molecule has 1 atom stereocenters. The van der Waals surface area contributed by atoms with E-state index in [1.165, 1.54) is 25.7 Å². The molecule has 0 saturated heterocycles. The molecular weight excluding hydrogens is 242 g/mol. The van der Waals surface area contributed by atoms with E-state index in [-0.39, 0.29) is 0 Å². The summed E-state index contributed by atoms with van der Waals surface area (Å²) in [6, 6.07) is 0.561. The topological polar surface area (TPSA) is 50.7 Å². The van der Waals surface area contributed by atoms with Gasteiger partial charge in [0.2, 0.25) is 0 Å². The highest BCUT2D eigenvalue weighted by atomic mass is 16.5. The van der Waals surface area contributed by atoms with Gasteiger partial charge in [-0.3, -0.25) is 0 Å². The molecule has 1 fully saturated rings. The molecule has 0 heterocycles. The zero-order valence-electron chi connectivity index (χ0n) is 12.8. The predicted octanol–water partition coefficient (Wildman–Crippen LogP) is 1.96. The Morgan fingerprint density at radius 2 is 1.84 bits per heavy atom. The molecule has 19 heavy (non-hydrogen) atoms. The lowest BCUT2D eigenvalue weighted by molar-refractivity contribution is 0.00500. The van der Waals surface area contributed by atoms with Crippen molar-refractivity contribution < 1.29 is 14.6 Å². The fraction of sp³-hybridized carbons (Fsp3) is 1.00. The summed E-state index contributed by atoms with van der Waals surface area (Å²) >= 11 is 0. The van der Waals surface area contributed by atoms with Gasteiger partial charge < -0.3 is 19.9 Å². The fourth-order valence-electron chi connectivity index (χ4n) is 2.45. The van der Waals surface area contributed by atoms with Crippen LogP contribution in [-0.4, -0.2) is 50.2 Å². The molecule has 4 heteroatoms. The molecule has 1 aliphatic rings. The summed E-state index contributed by atoms with van der Waals surface area (Å²) in [5.74, 6) is 0. The monoisotopic (exact) mass is 273 g/mol. The Labute approximate surface area is 117 Å². The minimum atomic E-state index is -0.420. The fourth-order valence-corrected chi connectivity index (χ4v) is 2.45. The van der Waals surface area contributed by atoms with Crippen molar-refractivity contribution in [2.75, 3.05) is 33.0 Å². The van der Waals surface area contributed by atoms with Crippen molar-refractivity contribution in [2.45, 2.75) is 58.6 Å².